The molecule has 0 spiro atoms. The molecule has 0 aliphatic heterocycles. The van der Waals surface area contributed by atoms with Crippen LogP contribution in [0.4, 0.5) is 0 Å². The molecule has 0 saturated heterocycles. The molecule has 3 N–H and O–H groups in total. The van der Waals surface area contributed by atoms with E-state index in [4.69, 9.17) is 0 Å². The topological polar surface area (TPSA) is 103 Å². The largest absolute Gasteiger partial charge is 0.508 e. The number of aromatic nitrogens is 3. The maximum Gasteiger partial charge on any atom is 0.350 e. The van der Waals surface area contributed by atoms with Gasteiger partial charge in [0.25, 0.3) is 0 Å². The molecule has 0 bridgehead atoms. The van der Waals surface area contributed by atoms with Gasteiger partial charge in [-0.15, -0.1) is 4.68 Å². The van der Waals surface area contributed by atoms with Crippen LogP contribution in [0.25, 0.3) is 21.9 Å². The standard InChI is InChI=1S/C18H14N4O3/c1-10-2-7-14-13(8-10)15-16(20-14)17(24)22(18(25)21-15)19-9-11-3-5-12(23)6-4-11/h2-9,20,23H,1H3,(H,21,25). The van der Waals surface area contributed by atoms with E-state index in [1.807, 2.05) is 25.1 Å². The Morgan fingerprint density at radius 1 is 1.04 bits per heavy atom. The molecule has 0 fully saturated rings. The van der Waals surface area contributed by atoms with Crippen molar-refractivity contribution in [2.45, 2.75) is 6.92 Å². The van der Waals surface area contributed by atoms with Gasteiger partial charge in [0.1, 0.15) is 11.3 Å². The molecule has 124 valence electrons. The second kappa shape index (κ2) is 5.48. The lowest BCUT2D eigenvalue weighted by Crippen LogP contribution is -2.32. The van der Waals surface area contributed by atoms with E-state index >= 15 is 0 Å². The summed E-state index contributed by atoms with van der Waals surface area (Å²) in [6, 6.07) is 12.0. The molecule has 7 nitrogen and oxygen atoms in total. The number of nitrogens with zero attached hydrogens (tertiary/aromatic N) is 2. The first-order valence-corrected chi connectivity index (χ1v) is 7.64. The molecule has 2 heterocycles. The van der Waals surface area contributed by atoms with Crippen molar-refractivity contribution >= 4 is 28.2 Å². The minimum Gasteiger partial charge on any atom is -0.508 e. The van der Waals surface area contributed by atoms with Gasteiger partial charge in [-0.05, 0) is 48.9 Å². The highest BCUT2D eigenvalue weighted by atomic mass is 16.3. The van der Waals surface area contributed by atoms with Crippen LogP contribution in [0.1, 0.15) is 11.1 Å². The summed E-state index contributed by atoms with van der Waals surface area (Å²) in [7, 11) is 0. The van der Waals surface area contributed by atoms with E-state index in [0.29, 0.717) is 16.6 Å². The summed E-state index contributed by atoms with van der Waals surface area (Å²) >= 11 is 0. The van der Waals surface area contributed by atoms with Gasteiger partial charge in [0, 0.05) is 10.9 Å². The van der Waals surface area contributed by atoms with Crippen molar-refractivity contribution in [2.24, 2.45) is 5.10 Å². The Morgan fingerprint density at radius 2 is 1.80 bits per heavy atom. The molecule has 2 aromatic carbocycles. The van der Waals surface area contributed by atoms with Crippen molar-refractivity contribution < 1.29 is 5.11 Å². The number of aryl methyl sites for hydroxylation is 1. The summed E-state index contributed by atoms with van der Waals surface area (Å²) < 4.78 is 0.775. The molecule has 25 heavy (non-hydrogen) atoms. The molecule has 0 atom stereocenters. The SMILES string of the molecule is Cc1ccc2[nH]c3c(=O)n(N=Cc4ccc(O)cc4)c(=O)[nH]c3c2c1. The van der Waals surface area contributed by atoms with Crippen LogP contribution < -0.4 is 11.2 Å². The van der Waals surface area contributed by atoms with Crippen LogP contribution in [0.3, 0.4) is 0 Å². The van der Waals surface area contributed by atoms with Gasteiger partial charge in [-0.2, -0.15) is 5.10 Å². The fourth-order valence-electron chi connectivity index (χ4n) is 2.74. The molecule has 2 aromatic heterocycles. The Bertz CT molecular complexity index is 1240. The summed E-state index contributed by atoms with van der Waals surface area (Å²) in [5.41, 5.74) is 2.08. The van der Waals surface area contributed by atoms with Crippen LogP contribution in [0.5, 0.6) is 5.75 Å². The van der Waals surface area contributed by atoms with Gasteiger partial charge >= 0.3 is 11.2 Å². The van der Waals surface area contributed by atoms with Gasteiger partial charge in [0.15, 0.2) is 0 Å². The highest BCUT2D eigenvalue weighted by molar-refractivity contribution is 6.04. The fraction of sp³-hybridized carbons (Fsp3) is 0.0556. The predicted octanol–water partition coefficient (Wildman–Crippen LogP) is 2.07. The maximum absolute atomic E-state index is 12.6. The van der Waals surface area contributed by atoms with Crippen molar-refractivity contribution in [3.63, 3.8) is 0 Å². The van der Waals surface area contributed by atoms with E-state index in [2.05, 4.69) is 15.1 Å². The van der Waals surface area contributed by atoms with Crippen LogP contribution in [0.2, 0.25) is 0 Å². The van der Waals surface area contributed by atoms with Crippen LogP contribution in [0.15, 0.2) is 57.2 Å². The first kappa shape index (κ1) is 14.9. The molecule has 7 heteroatoms. The van der Waals surface area contributed by atoms with Crippen molar-refractivity contribution in [3.8, 4) is 5.75 Å². The lowest BCUT2D eigenvalue weighted by molar-refractivity contribution is 0.475. The number of aromatic amines is 2. The average molecular weight is 334 g/mol. The van der Waals surface area contributed by atoms with Crippen molar-refractivity contribution in [3.05, 3.63) is 74.4 Å². The quantitative estimate of drug-likeness (QED) is 0.489. The zero-order valence-corrected chi connectivity index (χ0v) is 13.3. The predicted molar refractivity (Wildman–Crippen MR) is 96.5 cm³/mol. The fourth-order valence-corrected chi connectivity index (χ4v) is 2.74. The maximum atomic E-state index is 12.6. The number of benzene rings is 2. The first-order valence-electron chi connectivity index (χ1n) is 7.64. The van der Waals surface area contributed by atoms with Crippen LogP contribution >= 0.6 is 0 Å². The van der Waals surface area contributed by atoms with Crippen LogP contribution in [-0.2, 0) is 0 Å². The molecular formula is C18H14N4O3. The van der Waals surface area contributed by atoms with E-state index in [1.54, 1.807) is 12.1 Å². The second-order valence-corrected chi connectivity index (χ2v) is 5.81. The lowest BCUT2D eigenvalue weighted by atomic mass is 10.2. The van der Waals surface area contributed by atoms with Crippen molar-refractivity contribution in [2.75, 3.05) is 0 Å². The Balaban J connectivity index is 1.90. The number of hydrogen-bond donors (Lipinski definition) is 3. The molecule has 0 amide bonds. The van der Waals surface area contributed by atoms with E-state index < -0.39 is 11.2 Å². The van der Waals surface area contributed by atoms with Gasteiger partial charge in [-0.1, -0.05) is 11.6 Å². The lowest BCUT2D eigenvalue weighted by Gasteiger charge is -1.98. The molecule has 0 saturated carbocycles. The Kier molecular flexibility index (Phi) is 3.28. The highest BCUT2D eigenvalue weighted by Gasteiger charge is 2.12. The third-order valence-corrected chi connectivity index (χ3v) is 4.00. The van der Waals surface area contributed by atoms with Gasteiger partial charge in [-0.3, -0.25) is 4.79 Å². The van der Waals surface area contributed by atoms with Crippen LogP contribution in [-0.4, -0.2) is 26.0 Å². The highest BCUT2D eigenvalue weighted by Crippen LogP contribution is 2.21. The zero-order valence-electron chi connectivity index (χ0n) is 13.3. The summed E-state index contributed by atoms with van der Waals surface area (Å²) in [5.74, 6) is 0.127. The third kappa shape index (κ3) is 2.51. The monoisotopic (exact) mass is 334 g/mol. The number of aromatic hydroxyl groups is 1. The molecule has 4 aromatic rings. The van der Waals surface area contributed by atoms with Gasteiger partial charge in [-0.25, -0.2) is 4.79 Å². The number of rotatable bonds is 2. The molecular weight excluding hydrogens is 320 g/mol. The van der Waals surface area contributed by atoms with Crippen molar-refractivity contribution in [1.29, 1.82) is 0 Å². The zero-order chi connectivity index (χ0) is 17.6. The Morgan fingerprint density at radius 3 is 2.56 bits per heavy atom. The molecule has 4 rings (SSSR count). The minimum atomic E-state index is -0.616. The summed E-state index contributed by atoms with van der Waals surface area (Å²) in [6.45, 7) is 1.94. The van der Waals surface area contributed by atoms with Gasteiger partial charge in [0.2, 0.25) is 0 Å². The number of H-pyrrole nitrogens is 2. The third-order valence-electron chi connectivity index (χ3n) is 4.00. The van der Waals surface area contributed by atoms with Gasteiger partial charge in [0.05, 0.1) is 11.7 Å². The number of fused-ring (bicyclic) bond motifs is 3. The number of phenolic OH excluding ortho intramolecular Hbond substituents is 1. The molecule has 0 aliphatic rings. The average Bonchev–Trinajstić information content (AvgIpc) is 2.94. The smallest absolute Gasteiger partial charge is 0.350 e. The second-order valence-electron chi connectivity index (χ2n) is 5.81. The summed E-state index contributed by atoms with van der Waals surface area (Å²) in [5, 5.41) is 14.0. The molecule has 0 unspecified atom stereocenters. The summed E-state index contributed by atoms with van der Waals surface area (Å²) in [4.78, 5) is 30.7. The van der Waals surface area contributed by atoms with Gasteiger partial charge < -0.3 is 15.1 Å². The number of nitrogens with one attached hydrogen (secondary N) is 2. The normalized spacial score (nSPS) is 11.7. The Hall–Kier alpha value is -3.61. The molecule has 0 aliphatic carbocycles. The van der Waals surface area contributed by atoms with Crippen molar-refractivity contribution in [1.82, 2.24) is 14.6 Å². The van der Waals surface area contributed by atoms with E-state index in [0.717, 1.165) is 21.1 Å². The number of phenols is 1. The van der Waals surface area contributed by atoms with Crippen LogP contribution in [0, 0.1) is 6.92 Å². The minimum absolute atomic E-state index is 0.127. The first-order chi connectivity index (χ1) is 12.0. The van der Waals surface area contributed by atoms with E-state index in [1.165, 1.54) is 18.3 Å². The molecule has 0 radical (unpaired) electrons. The van der Waals surface area contributed by atoms with E-state index in [9.17, 15) is 14.7 Å². The number of hydrogen-bond acceptors (Lipinski definition) is 4. The Labute approximate surface area is 140 Å². The summed E-state index contributed by atoms with van der Waals surface area (Å²) in [6.07, 6.45) is 1.38. The van der Waals surface area contributed by atoms with E-state index in [-0.39, 0.29) is 5.75 Å².